The van der Waals surface area contributed by atoms with Crippen molar-refractivity contribution in [2.45, 2.75) is 13.0 Å². The summed E-state index contributed by atoms with van der Waals surface area (Å²) < 4.78 is 7.55. The molecule has 1 aromatic heterocycles. The minimum absolute atomic E-state index is 0.241. The van der Waals surface area contributed by atoms with Gasteiger partial charge in [-0.25, -0.2) is 4.98 Å². The van der Waals surface area contributed by atoms with Gasteiger partial charge in [-0.1, -0.05) is 50.1 Å². The third kappa shape index (κ3) is 4.90. The molecule has 4 nitrogen and oxygen atoms in total. The third-order valence-electron chi connectivity index (χ3n) is 3.33. The smallest absolute Gasteiger partial charge is 0.266 e. The third-order valence-corrected chi connectivity index (χ3v) is 5.08. The Labute approximate surface area is 166 Å². The molecular weight excluding hydrogens is 468 g/mol. The van der Waals surface area contributed by atoms with Gasteiger partial charge >= 0.3 is 0 Å². The number of amides is 1. The second-order valence-electron chi connectivity index (χ2n) is 5.25. The highest BCUT2D eigenvalue weighted by Crippen LogP contribution is 2.27. The first-order valence-corrected chi connectivity index (χ1v) is 9.92. The maximum atomic E-state index is 12.3. The van der Waals surface area contributed by atoms with Crippen molar-refractivity contribution in [2.24, 2.45) is 0 Å². The summed E-state index contributed by atoms with van der Waals surface area (Å²) >= 11 is 8.21. The zero-order valence-corrected chi connectivity index (χ0v) is 17.2. The average molecular weight is 482 g/mol. The van der Waals surface area contributed by atoms with E-state index in [-0.39, 0.29) is 5.91 Å². The Morgan fingerprint density at radius 3 is 2.60 bits per heavy atom. The summed E-state index contributed by atoms with van der Waals surface area (Å²) in [4.78, 5) is 16.8. The van der Waals surface area contributed by atoms with Crippen LogP contribution >= 0.6 is 43.2 Å². The number of anilines is 1. The van der Waals surface area contributed by atoms with Gasteiger partial charge in [-0.15, -0.1) is 11.3 Å². The molecule has 0 aliphatic carbocycles. The first-order valence-electron chi connectivity index (χ1n) is 7.46. The van der Waals surface area contributed by atoms with Crippen LogP contribution in [0, 0.1) is 0 Å². The highest BCUT2D eigenvalue weighted by molar-refractivity contribution is 9.10. The highest BCUT2D eigenvalue weighted by atomic mass is 79.9. The summed E-state index contributed by atoms with van der Waals surface area (Å²) in [5.41, 5.74) is 1.81. The Morgan fingerprint density at radius 1 is 1.16 bits per heavy atom. The maximum Gasteiger partial charge on any atom is 0.266 e. The first-order chi connectivity index (χ1) is 12.0. The monoisotopic (exact) mass is 480 g/mol. The lowest BCUT2D eigenvalue weighted by atomic mass is 10.2. The van der Waals surface area contributed by atoms with Gasteiger partial charge in [0.1, 0.15) is 5.75 Å². The standard InChI is InChI=1S/C18H14Br2N2O2S/c1-11(24-15-7-3-6-14(20)9-15)17(23)22-18-21-16(10-25-18)12-4-2-5-13(19)8-12/h2-11H,1H3,(H,21,22,23). The number of rotatable bonds is 5. The summed E-state index contributed by atoms with van der Waals surface area (Å²) in [6, 6.07) is 15.3. The average Bonchev–Trinajstić information content (AvgIpc) is 3.03. The van der Waals surface area contributed by atoms with Crippen LogP contribution in [0.4, 0.5) is 5.13 Å². The molecule has 0 aliphatic heterocycles. The number of nitrogens with zero attached hydrogens (tertiary/aromatic N) is 1. The fourth-order valence-electron chi connectivity index (χ4n) is 2.12. The van der Waals surface area contributed by atoms with E-state index >= 15 is 0 Å². The number of carbonyl (C=O) groups excluding carboxylic acids is 1. The van der Waals surface area contributed by atoms with Gasteiger partial charge in [0.15, 0.2) is 11.2 Å². The maximum absolute atomic E-state index is 12.3. The fourth-order valence-corrected chi connectivity index (χ4v) is 3.62. The zero-order valence-electron chi connectivity index (χ0n) is 13.2. The molecular formula is C18H14Br2N2O2S. The Bertz CT molecular complexity index is 898. The van der Waals surface area contributed by atoms with Crippen molar-refractivity contribution in [2.75, 3.05) is 5.32 Å². The van der Waals surface area contributed by atoms with Crippen LogP contribution in [0.1, 0.15) is 6.92 Å². The van der Waals surface area contributed by atoms with Crippen molar-refractivity contribution in [3.8, 4) is 17.0 Å². The Balaban J connectivity index is 1.65. The van der Waals surface area contributed by atoms with E-state index in [2.05, 4.69) is 42.2 Å². The summed E-state index contributed by atoms with van der Waals surface area (Å²) in [6.07, 6.45) is -0.632. The van der Waals surface area contributed by atoms with Gasteiger partial charge in [-0.2, -0.15) is 0 Å². The lowest BCUT2D eigenvalue weighted by Crippen LogP contribution is -2.30. The van der Waals surface area contributed by atoms with E-state index in [1.165, 1.54) is 11.3 Å². The SMILES string of the molecule is CC(Oc1cccc(Br)c1)C(=O)Nc1nc(-c2cccc(Br)c2)cs1. The van der Waals surface area contributed by atoms with Crippen LogP contribution in [0.5, 0.6) is 5.75 Å². The number of benzene rings is 2. The number of nitrogens with one attached hydrogen (secondary N) is 1. The van der Waals surface area contributed by atoms with Gasteiger partial charge in [0.05, 0.1) is 5.69 Å². The lowest BCUT2D eigenvalue weighted by Gasteiger charge is -2.13. The molecule has 25 heavy (non-hydrogen) atoms. The largest absolute Gasteiger partial charge is 0.481 e. The van der Waals surface area contributed by atoms with Gasteiger partial charge in [0.25, 0.3) is 5.91 Å². The second-order valence-corrected chi connectivity index (χ2v) is 7.94. The number of ether oxygens (including phenoxy) is 1. The Morgan fingerprint density at radius 2 is 1.88 bits per heavy atom. The molecule has 1 amide bonds. The molecule has 0 saturated heterocycles. The Kier molecular flexibility index (Phi) is 5.88. The Hall–Kier alpha value is -1.70. The van der Waals surface area contributed by atoms with E-state index < -0.39 is 6.10 Å². The van der Waals surface area contributed by atoms with Crippen LogP contribution in [-0.2, 0) is 4.79 Å². The minimum atomic E-state index is -0.632. The van der Waals surface area contributed by atoms with Gasteiger partial charge in [0.2, 0.25) is 0 Å². The topological polar surface area (TPSA) is 51.2 Å². The molecule has 0 radical (unpaired) electrons. The number of hydrogen-bond acceptors (Lipinski definition) is 4. The van der Waals surface area contributed by atoms with Crippen molar-refractivity contribution in [1.82, 2.24) is 4.98 Å². The zero-order chi connectivity index (χ0) is 17.8. The van der Waals surface area contributed by atoms with Crippen LogP contribution in [0.2, 0.25) is 0 Å². The molecule has 0 spiro atoms. The van der Waals surface area contributed by atoms with Crippen molar-refractivity contribution in [3.05, 3.63) is 62.9 Å². The van der Waals surface area contributed by atoms with Crippen molar-refractivity contribution in [3.63, 3.8) is 0 Å². The molecule has 0 fully saturated rings. The predicted molar refractivity (Wildman–Crippen MR) is 108 cm³/mol. The summed E-state index contributed by atoms with van der Waals surface area (Å²) in [5.74, 6) is 0.390. The molecule has 1 unspecified atom stereocenters. The summed E-state index contributed by atoms with van der Waals surface area (Å²) in [5, 5.41) is 5.26. The van der Waals surface area contributed by atoms with Gasteiger partial charge in [-0.3, -0.25) is 10.1 Å². The molecule has 128 valence electrons. The number of aromatic nitrogens is 1. The summed E-state index contributed by atoms with van der Waals surface area (Å²) in [7, 11) is 0. The molecule has 0 aliphatic rings. The molecule has 2 aromatic carbocycles. The number of hydrogen-bond donors (Lipinski definition) is 1. The molecule has 1 heterocycles. The van der Waals surface area contributed by atoms with Crippen molar-refractivity contribution < 1.29 is 9.53 Å². The molecule has 0 bridgehead atoms. The van der Waals surface area contributed by atoms with E-state index in [0.29, 0.717) is 10.9 Å². The molecule has 3 aromatic rings. The molecule has 1 N–H and O–H groups in total. The molecule has 1 atom stereocenters. The van der Waals surface area contributed by atoms with Gasteiger partial charge in [-0.05, 0) is 37.3 Å². The van der Waals surface area contributed by atoms with Crippen LogP contribution in [0.25, 0.3) is 11.3 Å². The van der Waals surface area contributed by atoms with Crippen molar-refractivity contribution >= 4 is 54.2 Å². The molecule has 7 heteroatoms. The summed E-state index contributed by atoms with van der Waals surface area (Å²) in [6.45, 7) is 1.71. The van der Waals surface area contributed by atoms with E-state index in [9.17, 15) is 4.79 Å². The predicted octanol–water partition coefficient (Wildman–Crippen LogP) is 5.74. The molecule has 0 saturated carbocycles. The van der Waals surface area contributed by atoms with Gasteiger partial charge < -0.3 is 4.74 Å². The normalized spacial score (nSPS) is 11.8. The van der Waals surface area contributed by atoms with E-state index in [1.54, 1.807) is 6.92 Å². The van der Waals surface area contributed by atoms with Crippen molar-refractivity contribution in [1.29, 1.82) is 0 Å². The number of thiazole rings is 1. The molecule has 3 rings (SSSR count). The quantitative estimate of drug-likeness (QED) is 0.505. The fraction of sp³-hybridized carbons (Fsp3) is 0.111. The van der Waals surface area contributed by atoms with Crippen LogP contribution < -0.4 is 10.1 Å². The van der Waals surface area contributed by atoms with Crippen LogP contribution in [-0.4, -0.2) is 17.0 Å². The lowest BCUT2D eigenvalue weighted by molar-refractivity contribution is -0.122. The van der Waals surface area contributed by atoms with E-state index in [1.807, 2.05) is 53.9 Å². The van der Waals surface area contributed by atoms with E-state index in [4.69, 9.17) is 4.74 Å². The highest BCUT2D eigenvalue weighted by Gasteiger charge is 2.17. The number of carbonyl (C=O) groups is 1. The van der Waals surface area contributed by atoms with Gasteiger partial charge in [0, 0.05) is 19.9 Å². The van der Waals surface area contributed by atoms with Crippen LogP contribution in [0.3, 0.4) is 0 Å². The number of halogens is 2. The van der Waals surface area contributed by atoms with Crippen LogP contribution in [0.15, 0.2) is 62.9 Å². The first kappa shape index (κ1) is 18.1. The minimum Gasteiger partial charge on any atom is -0.481 e. The second kappa shape index (κ2) is 8.12. The van der Waals surface area contributed by atoms with E-state index in [0.717, 1.165) is 20.2 Å².